The summed E-state index contributed by atoms with van der Waals surface area (Å²) in [5, 5.41) is 4.11. The van der Waals surface area contributed by atoms with Gasteiger partial charge in [-0.3, -0.25) is 4.79 Å². The first kappa shape index (κ1) is 18.1. The summed E-state index contributed by atoms with van der Waals surface area (Å²) in [4.78, 5) is 20.1. The number of amides is 1. The first-order valence-corrected chi connectivity index (χ1v) is 10.6. The number of fused-ring (bicyclic) bond motifs is 1. The molecule has 3 aromatic rings. The van der Waals surface area contributed by atoms with E-state index in [1.54, 1.807) is 11.8 Å². The third kappa shape index (κ3) is 3.55. The molecule has 0 saturated carbocycles. The molecule has 8 heteroatoms. The van der Waals surface area contributed by atoms with Gasteiger partial charge in [-0.1, -0.05) is 11.2 Å². The van der Waals surface area contributed by atoms with Crippen LogP contribution in [0.15, 0.2) is 51.9 Å². The van der Waals surface area contributed by atoms with Gasteiger partial charge in [-0.25, -0.2) is 0 Å². The average Bonchev–Trinajstić information content (AvgIpc) is 3.48. The highest BCUT2D eigenvalue weighted by Crippen LogP contribution is 2.34. The molecule has 148 valence electrons. The Balaban J connectivity index is 1.28. The zero-order valence-electron chi connectivity index (χ0n) is 15.8. The van der Waals surface area contributed by atoms with E-state index < -0.39 is 0 Å². The number of hydrogen-bond donors (Lipinski definition) is 0. The van der Waals surface area contributed by atoms with E-state index in [-0.39, 0.29) is 18.6 Å². The molecule has 1 aromatic heterocycles. The van der Waals surface area contributed by atoms with Gasteiger partial charge in [0, 0.05) is 30.0 Å². The molecule has 29 heavy (non-hydrogen) atoms. The molecular weight excluding hydrogens is 390 g/mol. The Bertz CT molecular complexity index is 1050. The Morgan fingerprint density at radius 3 is 2.79 bits per heavy atom. The third-order valence-corrected chi connectivity index (χ3v) is 5.91. The van der Waals surface area contributed by atoms with E-state index in [2.05, 4.69) is 10.1 Å². The lowest BCUT2D eigenvalue weighted by Gasteiger charge is -2.16. The van der Waals surface area contributed by atoms with Crippen molar-refractivity contribution in [2.75, 3.05) is 19.6 Å². The van der Waals surface area contributed by atoms with Crippen molar-refractivity contribution >= 4 is 17.7 Å². The summed E-state index contributed by atoms with van der Waals surface area (Å²) in [7, 11) is 0. The molecule has 0 radical (unpaired) electrons. The minimum absolute atomic E-state index is 0.0803. The maximum Gasteiger partial charge on any atom is 0.232 e. The Morgan fingerprint density at radius 2 is 1.97 bits per heavy atom. The highest BCUT2D eigenvalue weighted by Gasteiger charge is 2.34. The maximum atomic E-state index is 12.5. The number of nitrogens with zero attached hydrogens (tertiary/aromatic N) is 3. The molecule has 2 aromatic carbocycles. The van der Waals surface area contributed by atoms with E-state index in [9.17, 15) is 4.79 Å². The smallest absolute Gasteiger partial charge is 0.232 e. The van der Waals surface area contributed by atoms with Gasteiger partial charge in [0.25, 0.3) is 0 Å². The fourth-order valence-electron chi connectivity index (χ4n) is 3.61. The number of aromatic nitrogens is 2. The van der Waals surface area contributed by atoms with Gasteiger partial charge in [-0.2, -0.15) is 4.98 Å². The van der Waals surface area contributed by atoms with Crippen molar-refractivity contribution in [1.82, 2.24) is 15.0 Å². The topological polar surface area (TPSA) is 77.7 Å². The van der Waals surface area contributed by atoms with Gasteiger partial charge in [-0.05, 0) is 48.2 Å². The molecule has 2 aliphatic rings. The molecular formula is C21H19N3O4S. The number of hydrogen-bond acceptors (Lipinski definition) is 7. The van der Waals surface area contributed by atoms with E-state index >= 15 is 0 Å². The molecule has 1 fully saturated rings. The van der Waals surface area contributed by atoms with Crippen molar-refractivity contribution in [2.45, 2.75) is 23.8 Å². The Hall–Kier alpha value is -3.00. The summed E-state index contributed by atoms with van der Waals surface area (Å²) in [6, 6.07) is 13.8. The number of carbonyl (C=O) groups is 1. The molecule has 7 nitrogen and oxygen atoms in total. The first-order chi connectivity index (χ1) is 14.2. The van der Waals surface area contributed by atoms with Gasteiger partial charge >= 0.3 is 0 Å². The van der Waals surface area contributed by atoms with Crippen LogP contribution in [0, 0.1) is 0 Å². The maximum absolute atomic E-state index is 12.5. The molecule has 5 rings (SSSR count). The van der Waals surface area contributed by atoms with Gasteiger partial charge in [0.2, 0.25) is 24.4 Å². The van der Waals surface area contributed by atoms with Crippen LogP contribution in [0.1, 0.15) is 23.8 Å². The number of thioether (sulfide) groups is 1. The second-order valence-corrected chi connectivity index (χ2v) is 7.93. The minimum atomic E-state index is -0.0942. The fraction of sp³-hybridized carbons (Fsp3) is 0.286. The standard InChI is InChI=1S/C21H19N3O4S/c1-29-16-5-3-14(4-6-16)20-22-21(28-23-20)15-9-19(25)24(11-15)10-13-2-7-17-18(8-13)27-12-26-17/h2-8,15H,9-12H2,1H3. The van der Waals surface area contributed by atoms with Crippen LogP contribution in [-0.2, 0) is 11.3 Å². The predicted molar refractivity (Wildman–Crippen MR) is 107 cm³/mol. The SMILES string of the molecule is CSc1ccc(-c2noc(C3CC(=O)N(Cc4ccc5c(c4)OCO5)C3)n2)cc1. The van der Waals surface area contributed by atoms with Gasteiger partial charge in [0.1, 0.15) is 0 Å². The van der Waals surface area contributed by atoms with Crippen molar-refractivity contribution in [1.29, 1.82) is 0 Å². The molecule has 3 heterocycles. The van der Waals surface area contributed by atoms with Gasteiger partial charge in [0.05, 0.1) is 5.92 Å². The highest BCUT2D eigenvalue weighted by molar-refractivity contribution is 7.98. The quantitative estimate of drug-likeness (QED) is 0.595. The van der Waals surface area contributed by atoms with Crippen LogP contribution in [0.5, 0.6) is 11.5 Å². The fourth-order valence-corrected chi connectivity index (χ4v) is 4.02. The Labute approximate surface area is 172 Å². The lowest BCUT2D eigenvalue weighted by Crippen LogP contribution is -2.24. The lowest BCUT2D eigenvalue weighted by atomic mass is 10.1. The van der Waals surface area contributed by atoms with Crippen molar-refractivity contribution in [3.05, 3.63) is 53.9 Å². The normalized spacial score (nSPS) is 17.9. The van der Waals surface area contributed by atoms with Gasteiger partial charge in [0.15, 0.2) is 11.5 Å². The van der Waals surface area contributed by atoms with E-state index in [1.165, 1.54) is 4.90 Å². The Morgan fingerprint density at radius 1 is 1.14 bits per heavy atom. The van der Waals surface area contributed by atoms with Crippen LogP contribution in [0.3, 0.4) is 0 Å². The minimum Gasteiger partial charge on any atom is -0.454 e. The van der Waals surface area contributed by atoms with E-state index in [4.69, 9.17) is 14.0 Å². The predicted octanol–water partition coefficient (Wildman–Crippen LogP) is 3.70. The second-order valence-electron chi connectivity index (χ2n) is 7.05. The number of ether oxygens (including phenoxy) is 2. The van der Waals surface area contributed by atoms with Crippen molar-refractivity contribution in [3.63, 3.8) is 0 Å². The number of rotatable bonds is 5. The van der Waals surface area contributed by atoms with E-state index in [1.807, 2.05) is 53.6 Å². The Kier molecular flexibility index (Phi) is 4.63. The molecule has 0 bridgehead atoms. The van der Waals surface area contributed by atoms with Crippen LogP contribution < -0.4 is 9.47 Å². The van der Waals surface area contributed by atoms with Crippen molar-refractivity contribution in [2.24, 2.45) is 0 Å². The summed E-state index contributed by atoms with van der Waals surface area (Å²) in [5.74, 6) is 2.51. The molecule has 2 aliphatic heterocycles. The van der Waals surface area contributed by atoms with E-state index in [0.717, 1.165) is 22.6 Å². The zero-order chi connectivity index (χ0) is 19.8. The summed E-state index contributed by atoms with van der Waals surface area (Å²) in [5.41, 5.74) is 1.91. The molecule has 0 spiro atoms. The molecule has 1 amide bonds. The monoisotopic (exact) mass is 409 g/mol. The van der Waals surface area contributed by atoms with Crippen LogP contribution in [0.25, 0.3) is 11.4 Å². The summed E-state index contributed by atoms with van der Waals surface area (Å²) < 4.78 is 16.2. The molecule has 0 N–H and O–H groups in total. The van der Waals surface area contributed by atoms with Crippen LogP contribution in [0.2, 0.25) is 0 Å². The largest absolute Gasteiger partial charge is 0.454 e. The van der Waals surface area contributed by atoms with Crippen LogP contribution in [-0.4, -0.2) is 40.5 Å². The molecule has 1 unspecified atom stereocenters. The van der Waals surface area contributed by atoms with Crippen molar-refractivity contribution in [3.8, 4) is 22.9 Å². The highest BCUT2D eigenvalue weighted by atomic mass is 32.2. The molecule has 1 saturated heterocycles. The zero-order valence-corrected chi connectivity index (χ0v) is 16.6. The summed E-state index contributed by atoms with van der Waals surface area (Å²) in [6.45, 7) is 1.31. The van der Waals surface area contributed by atoms with Crippen LogP contribution >= 0.6 is 11.8 Å². The first-order valence-electron chi connectivity index (χ1n) is 9.34. The molecule has 1 atom stereocenters. The van der Waals surface area contributed by atoms with Crippen LogP contribution in [0.4, 0.5) is 0 Å². The number of carbonyl (C=O) groups excluding carboxylic acids is 1. The summed E-state index contributed by atoms with van der Waals surface area (Å²) >= 11 is 1.68. The van der Waals surface area contributed by atoms with Crippen molar-refractivity contribution < 1.29 is 18.8 Å². The third-order valence-electron chi connectivity index (χ3n) is 5.16. The number of benzene rings is 2. The van der Waals surface area contributed by atoms with Gasteiger partial charge < -0.3 is 18.9 Å². The second kappa shape index (κ2) is 7.44. The summed E-state index contributed by atoms with van der Waals surface area (Å²) in [6.07, 6.45) is 2.41. The van der Waals surface area contributed by atoms with Gasteiger partial charge in [-0.15, -0.1) is 11.8 Å². The molecule has 0 aliphatic carbocycles. The lowest BCUT2D eigenvalue weighted by molar-refractivity contribution is -0.128. The van der Waals surface area contributed by atoms with E-state index in [0.29, 0.717) is 31.2 Å². The average molecular weight is 409 g/mol. The number of likely N-dealkylation sites (tertiary alicyclic amines) is 1.